The van der Waals surface area contributed by atoms with Crippen molar-refractivity contribution in [3.63, 3.8) is 0 Å². The van der Waals surface area contributed by atoms with Gasteiger partial charge in [-0.3, -0.25) is 9.59 Å². The van der Waals surface area contributed by atoms with E-state index in [9.17, 15) is 9.59 Å². The summed E-state index contributed by atoms with van der Waals surface area (Å²) in [4.78, 5) is 25.0. The number of para-hydroxylation sites is 1. The summed E-state index contributed by atoms with van der Waals surface area (Å²) in [5, 5.41) is 0. The molecule has 1 unspecified atom stereocenters. The molecule has 5 nitrogen and oxygen atoms in total. The van der Waals surface area contributed by atoms with Crippen molar-refractivity contribution in [2.75, 3.05) is 20.2 Å². The molecule has 1 heterocycles. The van der Waals surface area contributed by atoms with E-state index in [4.69, 9.17) is 9.47 Å². The van der Waals surface area contributed by atoms with Crippen LogP contribution in [0.1, 0.15) is 18.9 Å². The average molecular weight is 277 g/mol. The SMILES string of the molecule is CCOC(=O)CCN(C)C(=O)C1Cc2ccccc2O1. The third-order valence-electron chi connectivity index (χ3n) is 3.26. The van der Waals surface area contributed by atoms with Crippen molar-refractivity contribution in [3.8, 4) is 5.75 Å². The fourth-order valence-corrected chi connectivity index (χ4v) is 2.17. The van der Waals surface area contributed by atoms with Gasteiger partial charge < -0.3 is 14.4 Å². The summed E-state index contributed by atoms with van der Waals surface area (Å²) in [7, 11) is 1.67. The van der Waals surface area contributed by atoms with Crippen LogP contribution in [0.25, 0.3) is 0 Å². The summed E-state index contributed by atoms with van der Waals surface area (Å²) in [6.07, 6.45) is 0.300. The van der Waals surface area contributed by atoms with Crippen molar-refractivity contribution in [1.82, 2.24) is 4.90 Å². The quantitative estimate of drug-likeness (QED) is 0.763. The van der Waals surface area contributed by atoms with E-state index in [1.165, 1.54) is 4.90 Å². The molecule has 0 saturated heterocycles. The number of carbonyl (C=O) groups is 2. The van der Waals surface area contributed by atoms with Gasteiger partial charge in [0, 0.05) is 20.0 Å². The van der Waals surface area contributed by atoms with Gasteiger partial charge in [-0.15, -0.1) is 0 Å². The molecule has 0 fully saturated rings. The van der Waals surface area contributed by atoms with Crippen LogP contribution in [0.4, 0.5) is 0 Å². The van der Waals surface area contributed by atoms with Gasteiger partial charge in [0.1, 0.15) is 5.75 Å². The molecule has 2 rings (SSSR count). The van der Waals surface area contributed by atoms with Gasteiger partial charge in [0.2, 0.25) is 0 Å². The molecule has 0 radical (unpaired) electrons. The lowest BCUT2D eigenvalue weighted by Crippen LogP contribution is -2.40. The van der Waals surface area contributed by atoms with Crippen LogP contribution in [-0.4, -0.2) is 43.1 Å². The Kier molecular flexibility index (Phi) is 4.61. The molecular formula is C15H19NO4. The predicted octanol–water partition coefficient (Wildman–Crippen LogP) is 1.40. The summed E-state index contributed by atoms with van der Waals surface area (Å²) in [6.45, 7) is 2.46. The molecule has 0 spiro atoms. The number of hydrogen-bond acceptors (Lipinski definition) is 4. The zero-order valence-corrected chi connectivity index (χ0v) is 11.8. The lowest BCUT2D eigenvalue weighted by molar-refractivity contribution is -0.144. The van der Waals surface area contributed by atoms with Crippen LogP contribution >= 0.6 is 0 Å². The van der Waals surface area contributed by atoms with E-state index in [1.54, 1.807) is 14.0 Å². The van der Waals surface area contributed by atoms with E-state index < -0.39 is 6.10 Å². The van der Waals surface area contributed by atoms with Crippen LogP contribution in [0, 0.1) is 0 Å². The first-order valence-corrected chi connectivity index (χ1v) is 6.77. The lowest BCUT2D eigenvalue weighted by Gasteiger charge is -2.20. The summed E-state index contributed by atoms with van der Waals surface area (Å²) in [6, 6.07) is 7.64. The average Bonchev–Trinajstić information content (AvgIpc) is 2.88. The van der Waals surface area contributed by atoms with Crippen LogP contribution in [0.3, 0.4) is 0 Å². The van der Waals surface area contributed by atoms with E-state index in [-0.39, 0.29) is 18.3 Å². The molecular weight excluding hydrogens is 258 g/mol. The van der Waals surface area contributed by atoms with Gasteiger partial charge in [0.05, 0.1) is 13.0 Å². The van der Waals surface area contributed by atoms with E-state index in [2.05, 4.69) is 0 Å². The van der Waals surface area contributed by atoms with Gasteiger partial charge in [-0.1, -0.05) is 18.2 Å². The first-order chi connectivity index (χ1) is 9.61. The number of nitrogens with zero attached hydrogens (tertiary/aromatic N) is 1. The van der Waals surface area contributed by atoms with Gasteiger partial charge in [0.25, 0.3) is 5.91 Å². The van der Waals surface area contributed by atoms with Gasteiger partial charge >= 0.3 is 5.97 Å². The number of carbonyl (C=O) groups excluding carboxylic acids is 2. The normalized spacial score (nSPS) is 16.2. The molecule has 0 aromatic heterocycles. The largest absolute Gasteiger partial charge is 0.480 e. The van der Waals surface area contributed by atoms with Gasteiger partial charge in [-0.2, -0.15) is 0 Å². The minimum atomic E-state index is -0.486. The molecule has 1 aromatic rings. The Morgan fingerprint density at radius 2 is 2.15 bits per heavy atom. The van der Waals surface area contributed by atoms with E-state index in [1.807, 2.05) is 24.3 Å². The van der Waals surface area contributed by atoms with Crippen LogP contribution in [0.2, 0.25) is 0 Å². The number of esters is 1. The molecule has 0 bridgehead atoms. The fourth-order valence-electron chi connectivity index (χ4n) is 2.17. The zero-order chi connectivity index (χ0) is 14.5. The van der Waals surface area contributed by atoms with E-state index in [0.29, 0.717) is 19.6 Å². The van der Waals surface area contributed by atoms with Gasteiger partial charge in [-0.05, 0) is 18.6 Å². The molecule has 0 N–H and O–H groups in total. The van der Waals surface area contributed by atoms with Crippen molar-refractivity contribution in [1.29, 1.82) is 0 Å². The van der Waals surface area contributed by atoms with Crippen molar-refractivity contribution < 1.29 is 19.1 Å². The second kappa shape index (κ2) is 6.41. The van der Waals surface area contributed by atoms with Gasteiger partial charge in [-0.25, -0.2) is 0 Å². The van der Waals surface area contributed by atoms with Crippen molar-refractivity contribution in [2.24, 2.45) is 0 Å². The summed E-state index contributed by atoms with van der Waals surface area (Å²) >= 11 is 0. The second-order valence-electron chi connectivity index (χ2n) is 4.73. The van der Waals surface area contributed by atoms with Crippen LogP contribution in [0.5, 0.6) is 5.75 Å². The number of ether oxygens (including phenoxy) is 2. The summed E-state index contributed by atoms with van der Waals surface area (Å²) < 4.78 is 10.5. The third kappa shape index (κ3) is 3.29. The maximum atomic E-state index is 12.2. The van der Waals surface area contributed by atoms with Crippen LogP contribution in [0.15, 0.2) is 24.3 Å². The standard InChI is InChI=1S/C15H19NO4/c1-3-19-14(17)8-9-16(2)15(18)13-10-11-6-4-5-7-12(11)20-13/h4-7,13H,3,8-10H2,1-2H3. The summed E-state index contributed by atoms with van der Waals surface area (Å²) in [5.74, 6) is 0.373. The highest BCUT2D eigenvalue weighted by Crippen LogP contribution is 2.28. The number of rotatable bonds is 5. The first kappa shape index (κ1) is 14.4. The Morgan fingerprint density at radius 3 is 2.85 bits per heavy atom. The van der Waals surface area contributed by atoms with Crippen molar-refractivity contribution in [3.05, 3.63) is 29.8 Å². The topological polar surface area (TPSA) is 55.8 Å². The van der Waals surface area contributed by atoms with Crippen molar-refractivity contribution >= 4 is 11.9 Å². The Balaban J connectivity index is 1.85. The van der Waals surface area contributed by atoms with Gasteiger partial charge in [0.15, 0.2) is 6.10 Å². The smallest absolute Gasteiger partial charge is 0.307 e. The Hall–Kier alpha value is -2.04. The second-order valence-corrected chi connectivity index (χ2v) is 4.73. The number of hydrogen-bond donors (Lipinski definition) is 0. The number of likely N-dealkylation sites (N-methyl/N-ethyl adjacent to an activating group) is 1. The summed E-state index contributed by atoms with van der Waals surface area (Å²) in [5.41, 5.74) is 1.05. The Bertz CT molecular complexity index is 475. The zero-order valence-electron chi connectivity index (χ0n) is 11.8. The van der Waals surface area contributed by atoms with Crippen molar-refractivity contribution in [2.45, 2.75) is 25.9 Å². The third-order valence-corrected chi connectivity index (χ3v) is 3.26. The maximum absolute atomic E-state index is 12.2. The predicted molar refractivity (Wildman–Crippen MR) is 73.4 cm³/mol. The minimum Gasteiger partial charge on any atom is -0.480 e. The molecule has 1 atom stereocenters. The number of benzene rings is 1. The minimum absolute atomic E-state index is 0.106. The molecule has 1 amide bonds. The molecule has 5 heteroatoms. The number of fused-ring (bicyclic) bond motifs is 1. The van der Waals surface area contributed by atoms with Crippen LogP contribution in [-0.2, 0) is 20.7 Å². The fraction of sp³-hybridized carbons (Fsp3) is 0.467. The van der Waals surface area contributed by atoms with E-state index in [0.717, 1.165) is 11.3 Å². The molecule has 1 aromatic carbocycles. The molecule has 1 aliphatic heterocycles. The Morgan fingerprint density at radius 1 is 1.40 bits per heavy atom. The molecule has 108 valence electrons. The number of amides is 1. The Labute approximate surface area is 118 Å². The molecule has 1 aliphatic rings. The highest BCUT2D eigenvalue weighted by molar-refractivity contribution is 5.83. The van der Waals surface area contributed by atoms with Crippen LogP contribution < -0.4 is 4.74 Å². The van der Waals surface area contributed by atoms with E-state index >= 15 is 0 Å². The monoisotopic (exact) mass is 277 g/mol. The molecule has 0 aliphatic carbocycles. The molecule has 20 heavy (non-hydrogen) atoms. The highest BCUT2D eigenvalue weighted by atomic mass is 16.5. The molecule has 0 saturated carbocycles. The highest BCUT2D eigenvalue weighted by Gasteiger charge is 2.30. The first-order valence-electron chi connectivity index (χ1n) is 6.77. The lowest BCUT2D eigenvalue weighted by atomic mass is 10.1. The maximum Gasteiger partial charge on any atom is 0.307 e.